The molecular formula is C12H14N4OS. The van der Waals surface area contributed by atoms with Crippen LogP contribution in [0.1, 0.15) is 12.8 Å². The number of carbonyl (C=O) groups is 1. The average Bonchev–Trinajstić information content (AvgIpc) is 2.33. The smallest absolute Gasteiger partial charge is 0.243 e. The first kappa shape index (κ1) is 12.9. The highest BCUT2D eigenvalue weighted by Crippen LogP contribution is 2.44. The van der Waals surface area contributed by atoms with Crippen molar-refractivity contribution in [3.63, 3.8) is 0 Å². The van der Waals surface area contributed by atoms with Gasteiger partial charge in [0.25, 0.3) is 0 Å². The van der Waals surface area contributed by atoms with Crippen molar-refractivity contribution in [3.05, 3.63) is 11.0 Å². The van der Waals surface area contributed by atoms with Gasteiger partial charge in [-0.2, -0.15) is 5.26 Å². The molecule has 2 aliphatic heterocycles. The molecule has 0 radical (unpaired) electrons. The highest BCUT2D eigenvalue weighted by Gasteiger charge is 2.52. The Morgan fingerprint density at radius 2 is 2.17 bits per heavy atom. The molecule has 2 aliphatic rings. The molecule has 6 heteroatoms. The largest absolute Gasteiger partial charge is 0.763 e. The molecule has 5 nitrogen and oxygen atoms in total. The zero-order chi connectivity index (χ0) is 13.3. The maximum Gasteiger partial charge on any atom is 0.243 e. The number of nitrogens with zero attached hydrogens (tertiary/aromatic N) is 2. The predicted molar refractivity (Wildman–Crippen MR) is 70.0 cm³/mol. The summed E-state index contributed by atoms with van der Waals surface area (Å²) in [6.45, 7) is 1.69. The Kier molecular flexibility index (Phi) is 3.31. The summed E-state index contributed by atoms with van der Waals surface area (Å²) in [6, 6.07) is 2.06. The van der Waals surface area contributed by atoms with Crippen LogP contribution in [0.15, 0.2) is 5.57 Å². The lowest BCUT2D eigenvalue weighted by Crippen LogP contribution is -3.10. The van der Waals surface area contributed by atoms with E-state index in [2.05, 4.69) is 24.3 Å². The van der Waals surface area contributed by atoms with E-state index in [0.29, 0.717) is 18.4 Å². The van der Waals surface area contributed by atoms with Gasteiger partial charge in [-0.3, -0.25) is 10.7 Å². The summed E-state index contributed by atoms with van der Waals surface area (Å²) < 4.78 is 0. The van der Waals surface area contributed by atoms with Gasteiger partial charge in [-0.05, 0) is 0 Å². The number of nitrogens with one attached hydrogen (secondary N) is 2. The molecule has 2 N–H and O–H groups in total. The van der Waals surface area contributed by atoms with E-state index in [1.165, 1.54) is 4.90 Å². The van der Waals surface area contributed by atoms with Gasteiger partial charge < -0.3 is 15.6 Å². The minimum absolute atomic E-state index is 0.202. The third-order valence-corrected chi connectivity index (χ3v) is 4.32. The topological polar surface area (TPSA) is 79.6 Å². The van der Waals surface area contributed by atoms with Gasteiger partial charge in [-0.1, -0.05) is 12.2 Å². The second-order valence-electron chi connectivity index (χ2n) is 4.98. The van der Waals surface area contributed by atoms with Crippen LogP contribution in [-0.2, 0) is 4.79 Å². The molecule has 0 saturated carbocycles. The van der Waals surface area contributed by atoms with E-state index < -0.39 is 11.3 Å². The standard InChI is InChI=1S/C12H13N4OS/c1-16-4-2-12(3-5-16)8(6-13)10(17)15-11(18)9(12)7-14/h8H,2-5H2,1H3,(H,15,17,18)/q-1/p+1/t8-/m0/s1. The van der Waals surface area contributed by atoms with E-state index in [0.717, 1.165) is 13.1 Å². The van der Waals surface area contributed by atoms with Crippen molar-refractivity contribution in [2.24, 2.45) is 11.3 Å². The highest BCUT2D eigenvalue weighted by atomic mass is 32.1. The van der Waals surface area contributed by atoms with Crippen LogP contribution in [0.4, 0.5) is 0 Å². The fraction of sp³-hybridized carbons (Fsp3) is 0.583. The van der Waals surface area contributed by atoms with Crippen molar-refractivity contribution in [2.45, 2.75) is 12.8 Å². The van der Waals surface area contributed by atoms with Crippen molar-refractivity contribution in [3.8, 4) is 6.07 Å². The lowest BCUT2D eigenvalue weighted by atomic mass is 9.62. The molecule has 0 bridgehead atoms. The first-order valence-corrected chi connectivity index (χ1v) is 6.29. The van der Waals surface area contributed by atoms with E-state index in [4.69, 9.17) is 12.2 Å². The molecule has 2 saturated heterocycles. The van der Waals surface area contributed by atoms with Crippen molar-refractivity contribution in [1.82, 2.24) is 5.32 Å². The van der Waals surface area contributed by atoms with E-state index in [1.54, 1.807) is 0 Å². The number of likely N-dealkylation sites (tertiary alicyclic amines) is 1. The van der Waals surface area contributed by atoms with E-state index in [-0.39, 0.29) is 10.9 Å². The molecular weight excluding hydrogens is 248 g/mol. The molecule has 2 fully saturated rings. The molecule has 1 spiro atoms. The van der Waals surface area contributed by atoms with Crippen LogP contribution in [0.5, 0.6) is 0 Å². The molecule has 94 valence electrons. The van der Waals surface area contributed by atoms with Gasteiger partial charge in [0, 0.05) is 23.8 Å². The van der Waals surface area contributed by atoms with Crippen molar-refractivity contribution < 1.29 is 9.69 Å². The number of amides is 1. The second kappa shape index (κ2) is 4.62. The Bertz CT molecular complexity index is 493. The number of rotatable bonds is 0. The van der Waals surface area contributed by atoms with Crippen LogP contribution in [-0.4, -0.2) is 36.9 Å². The number of hydrogen-bond acceptors (Lipinski definition) is 3. The van der Waals surface area contributed by atoms with Gasteiger partial charge in [0.1, 0.15) is 10.9 Å². The zero-order valence-corrected chi connectivity index (χ0v) is 10.9. The van der Waals surface area contributed by atoms with E-state index >= 15 is 0 Å². The first-order valence-electron chi connectivity index (χ1n) is 5.89. The highest BCUT2D eigenvalue weighted by molar-refractivity contribution is 7.80. The van der Waals surface area contributed by atoms with Crippen molar-refractivity contribution >= 4 is 29.0 Å². The molecule has 0 aromatic heterocycles. The molecule has 2 rings (SSSR count). The van der Waals surface area contributed by atoms with E-state index in [9.17, 15) is 15.5 Å². The number of piperidine rings is 2. The summed E-state index contributed by atoms with van der Waals surface area (Å²) in [5.74, 6) is 0.955. The summed E-state index contributed by atoms with van der Waals surface area (Å²) >= 11 is 5.08. The second-order valence-corrected chi connectivity index (χ2v) is 5.39. The minimum Gasteiger partial charge on any atom is -0.763 e. The van der Waals surface area contributed by atoms with Crippen LogP contribution >= 0.6 is 12.2 Å². The van der Waals surface area contributed by atoms with Crippen molar-refractivity contribution in [1.29, 1.82) is 5.26 Å². The van der Waals surface area contributed by atoms with Gasteiger partial charge in [0.15, 0.2) is 0 Å². The van der Waals surface area contributed by atoms with Gasteiger partial charge >= 0.3 is 0 Å². The van der Waals surface area contributed by atoms with Crippen LogP contribution in [0, 0.1) is 22.7 Å². The molecule has 2 heterocycles. The lowest BCUT2D eigenvalue weighted by Gasteiger charge is -2.45. The number of nitriles is 1. The molecule has 18 heavy (non-hydrogen) atoms. The Morgan fingerprint density at radius 3 is 2.67 bits per heavy atom. The summed E-state index contributed by atoms with van der Waals surface area (Å²) in [7, 11) is 2.07. The normalized spacial score (nSPS) is 35.9. The van der Waals surface area contributed by atoms with Gasteiger partial charge in [0.05, 0.1) is 26.2 Å². The first-order chi connectivity index (χ1) is 8.55. The monoisotopic (exact) mass is 262 g/mol. The summed E-state index contributed by atoms with van der Waals surface area (Å²) in [4.78, 5) is 13.5. The van der Waals surface area contributed by atoms with Crippen LogP contribution < -0.4 is 10.2 Å². The van der Waals surface area contributed by atoms with E-state index in [1.807, 2.05) is 0 Å². The maximum absolute atomic E-state index is 11.9. The summed E-state index contributed by atoms with van der Waals surface area (Å²) in [5.41, 5.74) is -0.251. The predicted octanol–water partition coefficient (Wildman–Crippen LogP) is -0.956. The Morgan fingerprint density at radius 1 is 1.56 bits per heavy atom. The molecule has 0 aromatic rings. The molecule has 0 aromatic carbocycles. The van der Waals surface area contributed by atoms with Crippen LogP contribution in [0.2, 0.25) is 0 Å². The number of thiocarbonyl (C=S) groups is 1. The molecule has 0 unspecified atom stereocenters. The molecule has 1 amide bonds. The molecule has 0 aliphatic carbocycles. The number of quaternary nitrogens is 1. The summed E-state index contributed by atoms with van der Waals surface area (Å²) in [6.07, 6.45) is 1.32. The van der Waals surface area contributed by atoms with Gasteiger partial charge in [-0.15, -0.1) is 0 Å². The minimum atomic E-state index is -0.799. The Balaban J connectivity index is 2.49. The van der Waals surface area contributed by atoms with Crippen LogP contribution in [0.3, 0.4) is 0 Å². The quantitative estimate of drug-likeness (QED) is 0.335. The SMILES string of the molecule is C[NH+]1CCC2(CC1)C(=C=[N-])C(=S)NC(=O)[C@@H]2C#N. The third kappa shape index (κ3) is 1.77. The van der Waals surface area contributed by atoms with Gasteiger partial charge in [-0.25, -0.2) is 0 Å². The fourth-order valence-corrected chi connectivity index (χ4v) is 3.22. The fourth-order valence-electron chi connectivity index (χ4n) is 2.87. The number of carbonyl (C=O) groups excluding carboxylic acids is 1. The lowest BCUT2D eigenvalue weighted by molar-refractivity contribution is -0.887. The van der Waals surface area contributed by atoms with Crippen molar-refractivity contribution in [2.75, 3.05) is 20.1 Å². The summed E-state index contributed by atoms with van der Waals surface area (Å²) in [5, 5.41) is 21.0. The third-order valence-electron chi connectivity index (χ3n) is 4.01. The average molecular weight is 262 g/mol. The Labute approximate surface area is 111 Å². The number of hydrogen-bond donors (Lipinski definition) is 2. The maximum atomic E-state index is 11.9. The Hall–Kier alpha value is -1.54. The molecule has 1 atom stereocenters. The zero-order valence-electron chi connectivity index (χ0n) is 10.1. The van der Waals surface area contributed by atoms with Crippen LogP contribution in [0.25, 0.3) is 5.41 Å². The van der Waals surface area contributed by atoms with Gasteiger partial charge in [0.2, 0.25) is 5.91 Å².